The Morgan fingerprint density at radius 3 is 2.32 bits per heavy atom. The molecule has 4 rings (SSSR count). The Bertz CT molecular complexity index is 867. The van der Waals surface area contributed by atoms with Gasteiger partial charge in [0.15, 0.2) is 0 Å². The van der Waals surface area contributed by atoms with Crippen molar-refractivity contribution in [3.8, 4) is 11.3 Å². The van der Waals surface area contributed by atoms with E-state index < -0.39 is 0 Å². The number of nitrogens with zero attached hydrogens (tertiary/aromatic N) is 2. The van der Waals surface area contributed by atoms with E-state index in [1.165, 1.54) is 0 Å². The molecule has 0 saturated heterocycles. The molecule has 0 aliphatic carbocycles. The highest BCUT2D eigenvalue weighted by Gasteiger charge is 2.19. The molecule has 106 valence electrons. The molecule has 0 unspecified atom stereocenters. The minimum Gasteiger partial charge on any atom is -0.384 e. The number of nitrogens with two attached hydrogens (primary N) is 1. The molecule has 0 bridgehead atoms. The third-order valence-corrected chi connectivity index (χ3v) is 3.89. The molecule has 3 nitrogen and oxygen atoms in total. The molecule has 2 heterocycles. The van der Waals surface area contributed by atoms with Crippen molar-refractivity contribution in [1.82, 2.24) is 4.98 Å². The Morgan fingerprint density at radius 2 is 1.50 bits per heavy atom. The van der Waals surface area contributed by atoms with Crippen LogP contribution in [0.2, 0.25) is 0 Å². The minimum absolute atomic E-state index is 0.539. The highest BCUT2D eigenvalue weighted by atomic mass is 14.9. The number of aliphatic imine (C=N–C) groups is 1. The lowest BCUT2D eigenvalue weighted by Gasteiger charge is -2.10. The maximum absolute atomic E-state index is 5.89. The molecule has 0 amide bonds. The van der Waals surface area contributed by atoms with Crippen LogP contribution in [0.25, 0.3) is 11.3 Å². The highest BCUT2D eigenvalue weighted by Crippen LogP contribution is 2.31. The normalized spacial score (nSPS) is 12.8. The van der Waals surface area contributed by atoms with E-state index in [2.05, 4.69) is 29.2 Å². The number of hydrogen-bond acceptors (Lipinski definition) is 3. The quantitative estimate of drug-likeness (QED) is 0.741. The zero-order valence-electron chi connectivity index (χ0n) is 12.0. The zero-order valence-corrected chi connectivity index (χ0v) is 12.0. The molecule has 0 saturated carbocycles. The molecule has 0 atom stereocenters. The number of nitrogen functional groups attached to an aromatic ring is 1. The first-order valence-corrected chi connectivity index (χ1v) is 7.28. The lowest BCUT2D eigenvalue weighted by molar-refractivity contribution is 1.06. The van der Waals surface area contributed by atoms with Crippen LogP contribution >= 0.6 is 0 Å². The summed E-state index contributed by atoms with van der Waals surface area (Å²) in [6.45, 7) is 0.613. The van der Waals surface area contributed by atoms with E-state index in [0.29, 0.717) is 12.4 Å². The summed E-state index contributed by atoms with van der Waals surface area (Å²) >= 11 is 0. The summed E-state index contributed by atoms with van der Waals surface area (Å²) < 4.78 is 0. The van der Waals surface area contributed by atoms with E-state index in [-0.39, 0.29) is 0 Å². The summed E-state index contributed by atoms with van der Waals surface area (Å²) in [5.41, 5.74) is 12.2. The number of hydrogen-bond donors (Lipinski definition) is 1. The van der Waals surface area contributed by atoms with Crippen LogP contribution in [0, 0.1) is 0 Å². The van der Waals surface area contributed by atoms with Crippen LogP contribution < -0.4 is 5.73 Å². The number of benzene rings is 2. The van der Waals surface area contributed by atoms with E-state index in [1.807, 2.05) is 42.5 Å². The molecule has 0 radical (unpaired) electrons. The van der Waals surface area contributed by atoms with Gasteiger partial charge in [-0.1, -0.05) is 60.7 Å². The second kappa shape index (κ2) is 5.11. The SMILES string of the molecule is Nc1ccc2c(n1)-c1ccccc1C(c1ccccc1)=NC2. The average molecular weight is 285 g/mol. The molecule has 0 fully saturated rings. The Morgan fingerprint density at radius 1 is 0.773 bits per heavy atom. The fourth-order valence-corrected chi connectivity index (χ4v) is 2.85. The fraction of sp³-hybridized carbons (Fsp3) is 0.0526. The van der Waals surface area contributed by atoms with Crippen molar-refractivity contribution >= 4 is 11.5 Å². The van der Waals surface area contributed by atoms with Gasteiger partial charge in [-0.15, -0.1) is 0 Å². The number of pyridine rings is 1. The number of aromatic nitrogens is 1. The summed E-state index contributed by atoms with van der Waals surface area (Å²) in [6, 6.07) is 22.4. The maximum Gasteiger partial charge on any atom is 0.124 e. The van der Waals surface area contributed by atoms with Crippen molar-refractivity contribution in [2.24, 2.45) is 4.99 Å². The molecule has 0 spiro atoms. The maximum atomic E-state index is 5.89. The Balaban J connectivity index is 1.98. The second-order valence-electron chi connectivity index (χ2n) is 5.32. The van der Waals surface area contributed by atoms with Gasteiger partial charge in [-0.25, -0.2) is 4.98 Å². The van der Waals surface area contributed by atoms with E-state index >= 15 is 0 Å². The predicted octanol–water partition coefficient (Wildman–Crippen LogP) is 3.68. The zero-order chi connectivity index (χ0) is 14.9. The third kappa shape index (κ3) is 2.07. The van der Waals surface area contributed by atoms with Gasteiger partial charge in [0, 0.05) is 22.3 Å². The summed E-state index contributed by atoms with van der Waals surface area (Å²) in [5.74, 6) is 0.539. The topological polar surface area (TPSA) is 51.3 Å². The van der Waals surface area contributed by atoms with Crippen molar-refractivity contribution in [1.29, 1.82) is 0 Å². The smallest absolute Gasteiger partial charge is 0.124 e. The molecule has 22 heavy (non-hydrogen) atoms. The first kappa shape index (κ1) is 12.8. The van der Waals surface area contributed by atoms with Gasteiger partial charge in [0.1, 0.15) is 5.82 Å². The van der Waals surface area contributed by atoms with E-state index in [1.54, 1.807) is 0 Å². The first-order chi connectivity index (χ1) is 10.8. The van der Waals surface area contributed by atoms with Gasteiger partial charge < -0.3 is 5.73 Å². The van der Waals surface area contributed by atoms with Crippen molar-refractivity contribution in [2.75, 3.05) is 5.73 Å². The van der Waals surface area contributed by atoms with Gasteiger partial charge in [0.2, 0.25) is 0 Å². The molecule has 2 aromatic carbocycles. The highest BCUT2D eigenvalue weighted by molar-refractivity contribution is 6.16. The largest absolute Gasteiger partial charge is 0.384 e. The minimum atomic E-state index is 0.539. The molecule has 2 N–H and O–H groups in total. The van der Waals surface area contributed by atoms with Crippen molar-refractivity contribution in [3.63, 3.8) is 0 Å². The summed E-state index contributed by atoms with van der Waals surface area (Å²) in [6.07, 6.45) is 0. The van der Waals surface area contributed by atoms with Crippen molar-refractivity contribution in [2.45, 2.75) is 6.54 Å². The fourth-order valence-electron chi connectivity index (χ4n) is 2.85. The van der Waals surface area contributed by atoms with Crippen molar-refractivity contribution < 1.29 is 0 Å². The number of anilines is 1. The molecular formula is C19H15N3. The number of fused-ring (bicyclic) bond motifs is 3. The lowest BCUT2D eigenvalue weighted by atomic mass is 9.95. The van der Waals surface area contributed by atoms with Crippen LogP contribution in [0.15, 0.2) is 71.7 Å². The summed E-state index contributed by atoms with van der Waals surface area (Å²) in [7, 11) is 0. The van der Waals surface area contributed by atoms with E-state index in [0.717, 1.165) is 33.7 Å². The molecule has 3 heteroatoms. The van der Waals surface area contributed by atoms with Gasteiger partial charge in [-0.05, 0) is 6.07 Å². The third-order valence-electron chi connectivity index (χ3n) is 3.89. The van der Waals surface area contributed by atoms with Crippen LogP contribution in [0.5, 0.6) is 0 Å². The van der Waals surface area contributed by atoms with Crippen LogP contribution in [0.1, 0.15) is 16.7 Å². The first-order valence-electron chi connectivity index (χ1n) is 7.28. The van der Waals surface area contributed by atoms with Gasteiger partial charge in [-0.3, -0.25) is 4.99 Å². The van der Waals surface area contributed by atoms with Gasteiger partial charge in [0.25, 0.3) is 0 Å². The summed E-state index contributed by atoms with van der Waals surface area (Å²) in [5, 5.41) is 0. The van der Waals surface area contributed by atoms with Crippen molar-refractivity contribution in [3.05, 3.63) is 83.4 Å². The van der Waals surface area contributed by atoms with Crippen LogP contribution in [-0.4, -0.2) is 10.7 Å². The molecule has 1 aliphatic heterocycles. The van der Waals surface area contributed by atoms with Gasteiger partial charge >= 0.3 is 0 Å². The van der Waals surface area contributed by atoms with E-state index in [9.17, 15) is 0 Å². The molecule has 3 aromatic rings. The predicted molar refractivity (Wildman–Crippen MR) is 89.9 cm³/mol. The monoisotopic (exact) mass is 285 g/mol. The second-order valence-corrected chi connectivity index (χ2v) is 5.32. The molecular weight excluding hydrogens is 270 g/mol. The Labute approximate surface area is 129 Å². The lowest BCUT2D eigenvalue weighted by Crippen LogP contribution is -2.04. The Kier molecular flexibility index (Phi) is 2.97. The van der Waals surface area contributed by atoms with Crippen LogP contribution in [-0.2, 0) is 6.54 Å². The number of rotatable bonds is 1. The summed E-state index contributed by atoms with van der Waals surface area (Å²) in [4.78, 5) is 9.39. The van der Waals surface area contributed by atoms with Crippen LogP contribution in [0.4, 0.5) is 5.82 Å². The van der Waals surface area contributed by atoms with Crippen LogP contribution in [0.3, 0.4) is 0 Å². The Hall–Kier alpha value is -2.94. The standard InChI is InChI=1S/C19H15N3/c20-17-11-10-14-12-21-18(13-6-2-1-3-7-13)15-8-4-5-9-16(15)19(14)22-17/h1-11H,12H2,(H2,20,22). The average Bonchev–Trinajstić information content (AvgIpc) is 2.73. The van der Waals surface area contributed by atoms with E-state index in [4.69, 9.17) is 10.7 Å². The van der Waals surface area contributed by atoms with Gasteiger partial charge in [-0.2, -0.15) is 0 Å². The molecule has 1 aliphatic rings. The molecule has 1 aromatic heterocycles. The van der Waals surface area contributed by atoms with Gasteiger partial charge in [0.05, 0.1) is 18.0 Å².